The highest BCUT2D eigenvalue weighted by Gasteiger charge is 2.36. The summed E-state index contributed by atoms with van der Waals surface area (Å²) in [6.45, 7) is 1.92. The van der Waals surface area contributed by atoms with Crippen molar-refractivity contribution in [2.45, 2.75) is 36.5 Å². The molecule has 0 aliphatic heterocycles. The molecule has 0 saturated heterocycles. The lowest BCUT2D eigenvalue weighted by atomic mass is 10.2. The third-order valence-electron chi connectivity index (χ3n) is 3.17. The van der Waals surface area contributed by atoms with Gasteiger partial charge in [-0.2, -0.15) is 0 Å². The van der Waals surface area contributed by atoms with Crippen molar-refractivity contribution in [3.8, 4) is 0 Å². The standard InChI is InChI=1S/C15H21ClN2O4S/c1-4-5-6-13(19)17-14(15(20)18(2)3)23(21,22)12-9-7-11(16)8-10-12/h7-10,14H,4-6H2,1-3H3,(H,17,19). The van der Waals surface area contributed by atoms with E-state index in [1.165, 1.54) is 38.4 Å². The second kappa shape index (κ2) is 8.31. The van der Waals surface area contributed by atoms with Crippen LogP contribution in [0, 0.1) is 0 Å². The van der Waals surface area contributed by atoms with Gasteiger partial charge in [0, 0.05) is 25.5 Å². The summed E-state index contributed by atoms with van der Waals surface area (Å²) < 4.78 is 25.4. The molecule has 1 N–H and O–H groups in total. The Morgan fingerprint density at radius 2 is 1.78 bits per heavy atom. The number of hydrogen-bond donors (Lipinski definition) is 1. The number of halogens is 1. The third kappa shape index (κ3) is 5.21. The van der Waals surface area contributed by atoms with Crippen LogP contribution in [0.15, 0.2) is 29.2 Å². The van der Waals surface area contributed by atoms with Crippen LogP contribution >= 0.6 is 11.6 Å². The van der Waals surface area contributed by atoms with E-state index < -0.39 is 27.0 Å². The number of benzene rings is 1. The number of carbonyl (C=O) groups is 2. The second-order valence-corrected chi connectivity index (χ2v) is 7.75. The fourth-order valence-electron chi connectivity index (χ4n) is 1.82. The molecular formula is C15H21ClN2O4S. The summed E-state index contributed by atoms with van der Waals surface area (Å²) in [5.74, 6) is -1.17. The minimum Gasteiger partial charge on any atom is -0.346 e. The van der Waals surface area contributed by atoms with Crippen molar-refractivity contribution in [1.29, 1.82) is 0 Å². The monoisotopic (exact) mass is 360 g/mol. The van der Waals surface area contributed by atoms with E-state index in [9.17, 15) is 18.0 Å². The van der Waals surface area contributed by atoms with Gasteiger partial charge in [-0.25, -0.2) is 8.42 Å². The Morgan fingerprint density at radius 3 is 2.26 bits per heavy atom. The van der Waals surface area contributed by atoms with Crippen LogP contribution in [0.2, 0.25) is 5.02 Å². The molecule has 1 atom stereocenters. The molecule has 0 fully saturated rings. The molecule has 2 amide bonds. The minimum atomic E-state index is -4.06. The Kier molecular flexibility index (Phi) is 7.02. The smallest absolute Gasteiger partial charge is 0.260 e. The van der Waals surface area contributed by atoms with Gasteiger partial charge in [0.05, 0.1) is 4.90 Å². The first-order chi connectivity index (χ1) is 10.7. The van der Waals surface area contributed by atoms with E-state index in [1.807, 2.05) is 6.92 Å². The first-order valence-electron chi connectivity index (χ1n) is 7.20. The van der Waals surface area contributed by atoms with Crippen molar-refractivity contribution in [2.24, 2.45) is 0 Å². The zero-order valence-corrected chi connectivity index (χ0v) is 14.9. The first-order valence-corrected chi connectivity index (χ1v) is 9.12. The summed E-state index contributed by atoms with van der Waals surface area (Å²) in [7, 11) is -1.19. The van der Waals surface area contributed by atoms with Crippen LogP contribution in [0.25, 0.3) is 0 Å². The van der Waals surface area contributed by atoms with Crippen LogP contribution < -0.4 is 5.32 Å². The quantitative estimate of drug-likeness (QED) is 0.804. The van der Waals surface area contributed by atoms with E-state index in [0.717, 1.165) is 11.3 Å². The topological polar surface area (TPSA) is 83.6 Å². The first kappa shape index (κ1) is 19.4. The van der Waals surface area contributed by atoms with Gasteiger partial charge >= 0.3 is 0 Å². The molecule has 0 saturated carbocycles. The number of sulfone groups is 1. The normalized spacial score (nSPS) is 12.5. The Labute approximate surface area is 141 Å². The van der Waals surface area contributed by atoms with E-state index in [4.69, 9.17) is 11.6 Å². The third-order valence-corrected chi connectivity index (χ3v) is 5.29. The number of hydrogen-bond acceptors (Lipinski definition) is 4. The molecule has 1 unspecified atom stereocenters. The number of nitrogens with zero attached hydrogens (tertiary/aromatic N) is 1. The van der Waals surface area contributed by atoms with Crippen molar-refractivity contribution in [3.63, 3.8) is 0 Å². The molecule has 1 rings (SSSR count). The summed E-state index contributed by atoms with van der Waals surface area (Å²) in [6.07, 6.45) is 1.59. The summed E-state index contributed by atoms with van der Waals surface area (Å²) in [5, 5.41) is 1.07. The average Bonchev–Trinajstić information content (AvgIpc) is 2.50. The van der Waals surface area contributed by atoms with Gasteiger partial charge in [0.2, 0.25) is 21.1 Å². The average molecular weight is 361 g/mol. The number of likely N-dealkylation sites (N-methyl/N-ethyl adjacent to an activating group) is 1. The van der Waals surface area contributed by atoms with E-state index >= 15 is 0 Å². The largest absolute Gasteiger partial charge is 0.346 e. The lowest BCUT2D eigenvalue weighted by molar-refractivity contribution is -0.132. The molecule has 0 spiro atoms. The van der Waals surface area contributed by atoms with Crippen LogP contribution in [-0.2, 0) is 19.4 Å². The summed E-state index contributed by atoms with van der Waals surface area (Å²) in [4.78, 5) is 25.2. The van der Waals surface area contributed by atoms with Crippen molar-refractivity contribution in [2.75, 3.05) is 14.1 Å². The van der Waals surface area contributed by atoms with E-state index in [0.29, 0.717) is 11.4 Å². The fraction of sp³-hybridized carbons (Fsp3) is 0.467. The zero-order chi connectivity index (χ0) is 17.6. The maximum Gasteiger partial charge on any atom is 0.260 e. The molecule has 1 aromatic carbocycles. The molecule has 0 aliphatic carbocycles. The Balaban J connectivity index is 3.14. The minimum absolute atomic E-state index is 0.0714. The fourth-order valence-corrected chi connectivity index (χ4v) is 3.50. The summed E-state index contributed by atoms with van der Waals surface area (Å²) in [5.41, 5.74) is 0. The Bertz CT molecular complexity index is 657. The van der Waals surface area contributed by atoms with Crippen LogP contribution in [0.5, 0.6) is 0 Å². The van der Waals surface area contributed by atoms with E-state index in [1.54, 1.807) is 0 Å². The van der Waals surface area contributed by atoms with Crippen molar-refractivity contribution in [3.05, 3.63) is 29.3 Å². The molecule has 0 aromatic heterocycles. The molecule has 0 aliphatic rings. The number of unbranched alkanes of at least 4 members (excludes halogenated alkanes) is 1. The van der Waals surface area contributed by atoms with Crippen molar-refractivity contribution in [1.82, 2.24) is 10.2 Å². The lowest BCUT2D eigenvalue weighted by Gasteiger charge is -2.22. The molecule has 0 heterocycles. The zero-order valence-electron chi connectivity index (χ0n) is 13.4. The number of nitrogens with one attached hydrogen (secondary N) is 1. The van der Waals surface area contributed by atoms with E-state index in [-0.39, 0.29) is 11.3 Å². The highest BCUT2D eigenvalue weighted by molar-refractivity contribution is 7.92. The highest BCUT2D eigenvalue weighted by Crippen LogP contribution is 2.19. The van der Waals surface area contributed by atoms with Gasteiger partial charge in [-0.3, -0.25) is 9.59 Å². The molecule has 1 aromatic rings. The van der Waals surface area contributed by atoms with Gasteiger partial charge < -0.3 is 10.2 Å². The molecular weight excluding hydrogens is 340 g/mol. The maximum atomic E-state index is 12.7. The number of rotatable bonds is 7. The maximum absolute atomic E-state index is 12.7. The SMILES string of the molecule is CCCCC(=O)NC(C(=O)N(C)C)S(=O)(=O)c1ccc(Cl)cc1. The van der Waals surface area contributed by atoms with Crippen LogP contribution in [-0.4, -0.2) is 44.6 Å². The van der Waals surface area contributed by atoms with Gasteiger partial charge in [-0.1, -0.05) is 24.9 Å². The van der Waals surface area contributed by atoms with Gasteiger partial charge in [-0.15, -0.1) is 0 Å². The predicted octanol–water partition coefficient (Wildman–Crippen LogP) is 1.83. The molecule has 6 nitrogen and oxygen atoms in total. The predicted molar refractivity (Wildman–Crippen MR) is 88.8 cm³/mol. The summed E-state index contributed by atoms with van der Waals surface area (Å²) in [6, 6.07) is 5.46. The molecule has 128 valence electrons. The molecule has 8 heteroatoms. The number of carbonyl (C=O) groups excluding carboxylic acids is 2. The van der Waals surface area contributed by atoms with Crippen LogP contribution in [0.3, 0.4) is 0 Å². The van der Waals surface area contributed by atoms with Crippen LogP contribution in [0.1, 0.15) is 26.2 Å². The van der Waals surface area contributed by atoms with Gasteiger partial charge in [0.25, 0.3) is 5.91 Å². The number of amides is 2. The van der Waals surface area contributed by atoms with Gasteiger partial charge in [0.1, 0.15) is 0 Å². The molecule has 23 heavy (non-hydrogen) atoms. The Morgan fingerprint density at radius 1 is 1.22 bits per heavy atom. The van der Waals surface area contributed by atoms with Crippen molar-refractivity contribution >= 4 is 33.3 Å². The van der Waals surface area contributed by atoms with Gasteiger partial charge in [-0.05, 0) is 30.7 Å². The van der Waals surface area contributed by atoms with Gasteiger partial charge in [0.15, 0.2) is 0 Å². The molecule has 0 bridgehead atoms. The summed E-state index contributed by atoms with van der Waals surface area (Å²) >= 11 is 5.76. The highest BCUT2D eigenvalue weighted by atomic mass is 35.5. The second-order valence-electron chi connectivity index (χ2n) is 5.28. The molecule has 0 radical (unpaired) electrons. The van der Waals surface area contributed by atoms with Crippen molar-refractivity contribution < 1.29 is 18.0 Å². The lowest BCUT2D eigenvalue weighted by Crippen LogP contribution is -2.50. The Hall–Kier alpha value is -1.60. The van der Waals surface area contributed by atoms with Crippen LogP contribution in [0.4, 0.5) is 0 Å². The van der Waals surface area contributed by atoms with E-state index in [2.05, 4.69) is 5.32 Å².